The Kier molecular flexibility index (Phi) is 11.5. The standard InChI is InChI=1S/C32H36Cl2FN3O5S/c1-3-43-26-16-18-27(19-17-26)44(41,42)38(25-14-12-23(35)13-15-25)21-31(39)37(20-28-29(33)10-7-11-30(28)34)22(2)32(40)36-24-8-5-4-6-9-24/h7,10-19,22,24H,3-6,8-9,20-21H2,1-2H3,(H,36,40). The number of hydrogen-bond acceptors (Lipinski definition) is 5. The van der Waals surface area contributed by atoms with Crippen LogP contribution in [0.25, 0.3) is 0 Å². The molecule has 8 nitrogen and oxygen atoms in total. The molecule has 236 valence electrons. The highest BCUT2D eigenvalue weighted by atomic mass is 35.5. The molecule has 0 saturated heterocycles. The molecule has 1 aliphatic carbocycles. The summed E-state index contributed by atoms with van der Waals surface area (Å²) in [5.41, 5.74) is 0.493. The molecule has 1 fully saturated rings. The zero-order chi connectivity index (χ0) is 31.9. The van der Waals surface area contributed by atoms with Gasteiger partial charge in [0.25, 0.3) is 10.0 Å². The second-order valence-electron chi connectivity index (χ2n) is 10.6. The van der Waals surface area contributed by atoms with E-state index in [1.54, 1.807) is 25.1 Å². The number of amides is 2. The first-order chi connectivity index (χ1) is 21.0. The zero-order valence-corrected chi connectivity index (χ0v) is 27.0. The van der Waals surface area contributed by atoms with Crippen LogP contribution in [0.5, 0.6) is 5.75 Å². The second kappa shape index (κ2) is 15.1. The lowest BCUT2D eigenvalue weighted by atomic mass is 9.95. The minimum atomic E-state index is -4.33. The lowest BCUT2D eigenvalue weighted by Crippen LogP contribution is -2.53. The highest BCUT2D eigenvalue weighted by Crippen LogP contribution is 2.29. The molecule has 0 heterocycles. The van der Waals surface area contributed by atoms with Crippen LogP contribution < -0.4 is 14.4 Å². The van der Waals surface area contributed by atoms with E-state index in [1.165, 1.54) is 41.3 Å². The Morgan fingerprint density at radius 1 is 0.977 bits per heavy atom. The van der Waals surface area contributed by atoms with E-state index in [0.717, 1.165) is 48.5 Å². The van der Waals surface area contributed by atoms with Crippen LogP contribution in [0.15, 0.2) is 71.6 Å². The maximum atomic E-state index is 14.1. The molecule has 1 saturated carbocycles. The molecule has 1 unspecified atom stereocenters. The highest BCUT2D eigenvalue weighted by Gasteiger charge is 2.34. The monoisotopic (exact) mass is 663 g/mol. The van der Waals surface area contributed by atoms with Gasteiger partial charge in [0.1, 0.15) is 24.2 Å². The third kappa shape index (κ3) is 8.22. The van der Waals surface area contributed by atoms with Gasteiger partial charge in [-0.25, -0.2) is 12.8 Å². The zero-order valence-electron chi connectivity index (χ0n) is 24.6. The Morgan fingerprint density at radius 3 is 2.18 bits per heavy atom. The Morgan fingerprint density at radius 2 is 1.59 bits per heavy atom. The molecule has 2 amide bonds. The Labute approximate surface area is 268 Å². The molecule has 0 radical (unpaired) electrons. The van der Waals surface area contributed by atoms with E-state index in [0.29, 0.717) is 28.0 Å². The summed E-state index contributed by atoms with van der Waals surface area (Å²) < 4.78 is 48.1. The Bertz CT molecular complexity index is 1530. The molecular weight excluding hydrogens is 628 g/mol. The highest BCUT2D eigenvalue weighted by molar-refractivity contribution is 7.92. The lowest BCUT2D eigenvalue weighted by molar-refractivity contribution is -0.139. The smallest absolute Gasteiger partial charge is 0.264 e. The summed E-state index contributed by atoms with van der Waals surface area (Å²) in [7, 11) is -4.33. The molecular formula is C32H36Cl2FN3O5S. The van der Waals surface area contributed by atoms with Crippen LogP contribution in [0.1, 0.15) is 51.5 Å². The maximum Gasteiger partial charge on any atom is 0.264 e. The maximum absolute atomic E-state index is 14.1. The fourth-order valence-corrected chi connectivity index (χ4v) is 7.07. The van der Waals surface area contributed by atoms with Crippen LogP contribution in [-0.4, -0.2) is 50.4 Å². The number of nitrogens with zero attached hydrogens (tertiary/aromatic N) is 2. The van der Waals surface area contributed by atoms with Gasteiger partial charge in [-0.15, -0.1) is 0 Å². The molecule has 44 heavy (non-hydrogen) atoms. The number of hydrogen-bond donors (Lipinski definition) is 1. The quantitative estimate of drug-likeness (QED) is 0.236. The summed E-state index contributed by atoms with van der Waals surface area (Å²) in [5.74, 6) is -1.12. The number of ether oxygens (including phenoxy) is 1. The van der Waals surface area contributed by atoms with Gasteiger partial charge in [-0.1, -0.05) is 48.5 Å². The van der Waals surface area contributed by atoms with Gasteiger partial charge >= 0.3 is 0 Å². The van der Waals surface area contributed by atoms with Crippen LogP contribution in [0.2, 0.25) is 10.0 Å². The SMILES string of the molecule is CCOc1ccc(S(=O)(=O)N(CC(=O)N(Cc2c(Cl)cccc2Cl)C(C)C(=O)NC2CCCCC2)c2ccc(F)cc2)cc1. The van der Waals surface area contributed by atoms with E-state index in [-0.39, 0.29) is 29.1 Å². The summed E-state index contributed by atoms with van der Waals surface area (Å²) in [6, 6.07) is 14.5. The van der Waals surface area contributed by atoms with Gasteiger partial charge in [-0.05, 0) is 87.4 Å². The van der Waals surface area contributed by atoms with Crippen molar-refractivity contribution in [2.45, 2.75) is 69.5 Å². The summed E-state index contributed by atoms with van der Waals surface area (Å²) in [6.45, 7) is 2.98. The summed E-state index contributed by atoms with van der Waals surface area (Å²) in [4.78, 5) is 28.8. The molecule has 0 bridgehead atoms. The second-order valence-corrected chi connectivity index (χ2v) is 13.3. The molecule has 3 aromatic rings. The largest absolute Gasteiger partial charge is 0.494 e. The van der Waals surface area contributed by atoms with E-state index in [1.807, 2.05) is 6.92 Å². The molecule has 4 rings (SSSR count). The third-order valence-corrected chi connectivity index (χ3v) is 10.1. The predicted octanol–water partition coefficient (Wildman–Crippen LogP) is 6.59. The number of benzene rings is 3. The van der Waals surface area contributed by atoms with Gasteiger partial charge in [-0.3, -0.25) is 13.9 Å². The van der Waals surface area contributed by atoms with Gasteiger partial charge in [0.15, 0.2) is 0 Å². The fraction of sp³-hybridized carbons (Fsp3) is 0.375. The van der Waals surface area contributed by atoms with Gasteiger partial charge in [0.05, 0.1) is 17.2 Å². The number of halogens is 3. The molecule has 1 N–H and O–H groups in total. The number of nitrogens with one attached hydrogen (secondary N) is 1. The summed E-state index contributed by atoms with van der Waals surface area (Å²) in [6.07, 6.45) is 4.82. The van der Waals surface area contributed by atoms with E-state index in [9.17, 15) is 22.4 Å². The average Bonchev–Trinajstić information content (AvgIpc) is 3.01. The van der Waals surface area contributed by atoms with Crippen molar-refractivity contribution in [3.8, 4) is 5.75 Å². The van der Waals surface area contributed by atoms with Gasteiger partial charge in [0.2, 0.25) is 11.8 Å². The van der Waals surface area contributed by atoms with E-state index in [2.05, 4.69) is 5.32 Å². The fourth-order valence-electron chi connectivity index (χ4n) is 5.14. The van der Waals surface area contributed by atoms with Crippen LogP contribution >= 0.6 is 23.2 Å². The molecule has 12 heteroatoms. The molecule has 1 atom stereocenters. The van der Waals surface area contributed by atoms with Crippen LogP contribution in [0.4, 0.5) is 10.1 Å². The molecule has 0 spiro atoms. The molecule has 0 aliphatic heterocycles. The molecule has 1 aliphatic rings. The topological polar surface area (TPSA) is 96.0 Å². The van der Waals surface area contributed by atoms with E-state index < -0.39 is 34.3 Å². The molecule has 0 aromatic heterocycles. The normalized spacial score (nSPS) is 14.5. The summed E-state index contributed by atoms with van der Waals surface area (Å²) >= 11 is 12.9. The summed E-state index contributed by atoms with van der Waals surface area (Å²) in [5, 5.41) is 3.65. The first-order valence-corrected chi connectivity index (χ1v) is 16.7. The number of sulfonamides is 1. The van der Waals surface area contributed by atoms with Crippen molar-refractivity contribution in [1.29, 1.82) is 0 Å². The number of rotatable bonds is 12. The number of carbonyl (C=O) groups is 2. The third-order valence-electron chi connectivity index (χ3n) is 7.63. The first kappa shape index (κ1) is 33.6. The van der Waals surface area contributed by atoms with Crippen molar-refractivity contribution in [2.24, 2.45) is 0 Å². The minimum absolute atomic E-state index is 0.00435. The number of carbonyl (C=O) groups excluding carboxylic acids is 2. The Balaban J connectivity index is 1.70. The van der Waals surface area contributed by atoms with Crippen molar-refractivity contribution in [3.63, 3.8) is 0 Å². The molecule has 3 aromatic carbocycles. The van der Waals surface area contributed by atoms with Crippen LogP contribution in [0.3, 0.4) is 0 Å². The minimum Gasteiger partial charge on any atom is -0.494 e. The van der Waals surface area contributed by atoms with Crippen molar-refractivity contribution in [1.82, 2.24) is 10.2 Å². The van der Waals surface area contributed by atoms with Gasteiger partial charge in [-0.2, -0.15) is 0 Å². The van der Waals surface area contributed by atoms with Crippen LogP contribution in [-0.2, 0) is 26.2 Å². The van der Waals surface area contributed by atoms with Crippen LogP contribution in [0, 0.1) is 5.82 Å². The van der Waals surface area contributed by atoms with Crippen molar-refractivity contribution < 1.29 is 27.1 Å². The van der Waals surface area contributed by atoms with Gasteiger partial charge in [0, 0.05) is 28.2 Å². The van der Waals surface area contributed by atoms with Crippen molar-refractivity contribution >= 4 is 50.7 Å². The van der Waals surface area contributed by atoms with Gasteiger partial charge < -0.3 is 15.0 Å². The van der Waals surface area contributed by atoms with E-state index in [4.69, 9.17) is 27.9 Å². The predicted molar refractivity (Wildman–Crippen MR) is 170 cm³/mol. The van der Waals surface area contributed by atoms with E-state index >= 15 is 0 Å². The van der Waals surface area contributed by atoms with Crippen molar-refractivity contribution in [3.05, 3.63) is 88.2 Å². The first-order valence-electron chi connectivity index (χ1n) is 14.5. The van der Waals surface area contributed by atoms with Crippen molar-refractivity contribution in [2.75, 3.05) is 17.5 Å². The lowest BCUT2D eigenvalue weighted by Gasteiger charge is -2.33. The Hall–Kier alpha value is -3.34. The average molecular weight is 665 g/mol. The number of anilines is 1.